The van der Waals surface area contributed by atoms with Crippen molar-refractivity contribution in [3.05, 3.63) is 41.4 Å². The summed E-state index contributed by atoms with van der Waals surface area (Å²) >= 11 is 0. The number of alkyl carbamates (subject to hydrolysis) is 1. The van der Waals surface area contributed by atoms with E-state index in [-0.39, 0.29) is 65.6 Å². The average Bonchev–Trinajstić information content (AvgIpc) is 3.53. The van der Waals surface area contributed by atoms with Crippen LogP contribution in [0, 0.1) is 0 Å². The van der Waals surface area contributed by atoms with Gasteiger partial charge in [0.25, 0.3) is 5.91 Å². The third-order valence-electron chi connectivity index (χ3n) is 6.47. The molecule has 2 amide bonds. The monoisotopic (exact) mass is 589 g/mol. The van der Waals surface area contributed by atoms with Gasteiger partial charge in [-0.2, -0.15) is 26.3 Å². The molecule has 16 heteroatoms. The molecule has 4 rings (SSSR count). The highest BCUT2D eigenvalue weighted by Crippen LogP contribution is 2.37. The Hall–Kier alpha value is -4.08. The van der Waals surface area contributed by atoms with Gasteiger partial charge in [-0.05, 0) is 44.5 Å². The molecule has 41 heavy (non-hydrogen) atoms. The van der Waals surface area contributed by atoms with Crippen LogP contribution in [0.1, 0.15) is 42.2 Å². The first kappa shape index (κ1) is 29.9. The van der Waals surface area contributed by atoms with E-state index in [4.69, 9.17) is 14.9 Å². The number of nitrogens with two attached hydrogens (primary N) is 1. The molecule has 0 spiro atoms. The molecule has 1 aliphatic rings. The van der Waals surface area contributed by atoms with Crippen molar-refractivity contribution in [1.29, 1.82) is 0 Å². The van der Waals surface area contributed by atoms with Gasteiger partial charge < -0.3 is 29.8 Å². The molecule has 1 fully saturated rings. The van der Waals surface area contributed by atoms with E-state index in [1.165, 1.54) is 30.2 Å². The predicted octanol–water partition coefficient (Wildman–Crippen LogP) is 4.66. The Morgan fingerprint density at radius 2 is 1.83 bits per heavy atom. The van der Waals surface area contributed by atoms with E-state index in [0.29, 0.717) is 13.8 Å². The molecule has 1 saturated heterocycles. The molecule has 3 aromatic rings. The molecule has 0 saturated carbocycles. The zero-order chi connectivity index (χ0) is 30.3. The maximum absolute atomic E-state index is 13.3. The molecule has 1 atom stereocenters. The molecule has 0 radical (unpaired) electrons. The second-order valence-corrected chi connectivity index (χ2v) is 9.68. The number of nitrogens with zero attached hydrogens (tertiary/aromatic N) is 3. The largest absolute Gasteiger partial charge is 0.494 e. The second-order valence-electron chi connectivity index (χ2n) is 9.68. The number of halogens is 6. The number of carbonyl (C=O) groups is 2. The van der Waals surface area contributed by atoms with Crippen LogP contribution >= 0.6 is 0 Å². The van der Waals surface area contributed by atoms with Crippen molar-refractivity contribution >= 4 is 22.9 Å². The zero-order valence-corrected chi connectivity index (χ0v) is 21.9. The van der Waals surface area contributed by atoms with Crippen molar-refractivity contribution in [2.24, 2.45) is 5.73 Å². The zero-order valence-electron chi connectivity index (χ0n) is 21.9. The quantitative estimate of drug-likeness (QED) is 0.397. The summed E-state index contributed by atoms with van der Waals surface area (Å²) in [6.45, 7) is 1.26. The van der Waals surface area contributed by atoms with Crippen LogP contribution < -0.4 is 15.8 Å². The van der Waals surface area contributed by atoms with Crippen molar-refractivity contribution in [2.75, 3.05) is 20.2 Å². The van der Waals surface area contributed by atoms with Gasteiger partial charge >= 0.3 is 18.4 Å². The topological polar surface area (TPSA) is 133 Å². The van der Waals surface area contributed by atoms with Crippen LogP contribution in [0.2, 0.25) is 0 Å². The number of carbonyl (C=O) groups excluding carboxylic acids is 2. The van der Waals surface area contributed by atoms with Gasteiger partial charge in [0.15, 0.2) is 11.5 Å². The van der Waals surface area contributed by atoms with Crippen molar-refractivity contribution in [3.63, 3.8) is 0 Å². The fraction of sp³-hybridized carbons (Fsp3) is 0.440. The Morgan fingerprint density at radius 3 is 2.44 bits per heavy atom. The number of hydrogen-bond donors (Lipinski definition) is 2. The van der Waals surface area contributed by atoms with Crippen molar-refractivity contribution in [2.45, 2.75) is 50.8 Å². The number of benzene rings is 1. The van der Waals surface area contributed by atoms with Crippen LogP contribution in [-0.4, -0.2) is 64.9 Å². The number of pyridine rings is 1. The lowest BCUT2D eigenvalue weighted by molar-refractivity contribution is -0.244. The van der Waals surface area contributed by atoms with Crippen LogP contribution in [0.15, 0.2) is 28.7 Å². The number of alkyl halides is 6. The summed E-state index contributed by atoms with van der Waals surface area (Å²) in [5.41, 5.74) is 1.89. The smallest absolute Gasteiger partial charge is 0.433 e. The molecular formula is C25H25F6N5O5. The first-order valence-corrected chi connectivity index (χ1v) is 12.2. The third-order valence-corrected chi connectivity index (χ3v) is 6.47. The number of oxazole rings is 1. The Bertz CT molecular complexity index is 1470. The number of fused-ring (bicyclic) bond motifs is 1. The lowest BCUT2D eigenvalue weighted by atomic mass is 10.1. The highest BCUT2D eigenvalue weighted by Gasteiger charge is 2.51. The van der Waals surface area contributed by atoms with Gasteiger partial charge in [-0.25, -0.2) is 14.8 Å². The molecule has 2 aromatic heterocycles. The number of rotatable bonds is 6. The fourth-order valence-corrected chi connectivity index (χ4v) is 4.17. The predicted molar refractivity (Wildman–Crippen MR) is 131 cm³/mol. The highest BCUT2D eigenvalue weighted by atomic mass is 19.4. The number of aromatic nitrogens is 2. The minimum atomic E-state index is -4.78. The van der Waals surface area contributed by atoms with Gasteiger partial charge in [-0.15, -0.1) is 0 Å². The van der Waals surface area contributed by atoms with Gasteiger partial charge in [0.2, 0.25) is 11.5 Å². The number of amides is 2. The molecule has 0 unspecified atom stereocenters. The molecule has 3 heterocycles. The molecule has 0 bridgehead atoms. The van der Waals surface area contributed by atoms with Gasteiger partial charge in [-0.1, -0.05) is 0 Å². The van der Waals surface area contributed by atoms with Gasteiger partial charge in [0, 0.05) is 24.0 Å². The first-order chi connectivity index (χ1) is 19.1. The maximum atomic E-state index is 13.3. The number of hydrogen-bond acceptors (Lipinski definition) is 8. The van der Waals surface area contributed by atoms with E-state index < -0.39 is 41.7 Å². The fourth-order valence-electron chi connectivity index (χ4n) is 4.17. The second kappa shape index (κ2) is 10.7. The standard InChI is InChI=1S/C25H25F6N5O5/c1-23(2,25(29,30)31)41-22(38)33-12-8-9-36(11-12)21(37)19-16(10-32)40-20(35-19)14-4-6-15(39-3)18-13(14)5-7-17(34-18)24(26,27)28/h4-7,12H,8-11,32H2,1-3H3,(H,33,38)/t12-/m1/s1. The Balaban J connectivity index is 1.56. The number of methoxy groups -OCH3 is 1. The Morgan fingerprint density at radius 1 is 1.12 bits per heavy atom. The third kappa shape index (κ3) is 6.01. The molecule has 1 aromatic carbocycles. The highest BCUT2D eigenvalue weighted by molar-refractivity contribution is 5.98. The summed E-state index contributed by atoms with van der Waals surface area (Å²) in [5, 5.41) is 2.54. The normalized spacial score (nSPS) is 16.2. The van der Waals surface area contributed by atoms with E-state index in [9.17, 15) is 35.9 Å². The number of ether oxygens (including phenoxy) is 2. The van der Waals surface area contributed by atoms with Gasteiger partial charge in [0.05, 0.1) is 19.7 Å². The van der Waals surface area contributed by atoms with E-state index in [2.05, 4.69) is 20.0 Å². The molecule has 10 nitrogen and oxygen atoms in total. The lowest BCUT2D eigenvalue weighted by Crippen LogP contribution is -2.48. The summed E-state index contributed by atoms with van der Waals surface area (Å²) in [4.78, 5) is 34.6. The lowest BCUT2D eigenvalue weighted by Gasteiger charge is -2.28. The van der Waals surface area contributed by atoms with E-state index in [0.717, 1.165) is 6.07 Å². The van der Waals surface area contributed by atoms with E-state index in [1.54, 1.807) is 0 Å². The Labute approximate surface area is 228 Å². The first-order valence-electron chi connectivity index (χ1n) is 12.2. The van der Waals surface area contributed by atoms with Crippen LogP contribution in [0.5, 0.6) is 5.75 Å². The maximum Gasteiger partial charge on any atom is 0.433 e. The Kier molecular flexibility index (Phi) is 7.82. The summed E-state index contributed by atoms with van der Waals surface area (Å²) in [5.74, 6) is -0.653. The number of nitrogens with one attached hydrogen (secondary N) is 1. The SMILES string of the molecule is COc1ccc(-c2nc(C(=O)N3CC[C@@H](NC(=O)OC(C)(C)C(F)(F)F)C3)c(CN)o2)c2ccc(C(F)(F)F)nc12. The molecular weight excluding hydrogens is 564 g/mol. The van der Waals surface area contributed by atoms with Crippen molar-refractivity contribution < 1.29 is 49.8 Å². The molecule has 0 aliphatic carbocycles. The summed E-state index contributed by atoms with van der Waals surface area (Å²) in [6, 6.07) is 4.16. The average molecular weight is 589 g/mol. The molecule has 3 N–H and O–H groups in total. The van der Waals surface area contributed by atoms with Crippen LogP contribution in [0.25, 0.3) is 22.4 Å². The minimum absolute atomic E-state index is 0.00316. The number of likely N-dealkylation sites (tertiary alicyclic amines) is 1. The summed E-state index contributed by atoms with van der Waals surface area (Å²) < 4.78 is 94.2. The minimum Gasteiger partial charge on any atom is -0.494 e. The molecule has 222 valence electrons. The summed E-state index contributed by atoms with van der Waals surface area (Å²) in [6.07, 6.45) is -10.5. The van der Waals surface area contributed by atoms with Crippen LogP contribution in [0.3, 0.4) is 0 Å². The molecule has 1 aliphatic heterocycles. The van der Waals surface area contributed by atoms with Gasteiger partial charge in [-0.3, -0.25) is 4.79 Å². The van der Waals surface area contributed by atoms with Crippen LogP contribution in [0.4, 0.5) is 31.1 Å². The van der Waals surface area contributed by atoms with Crippen LogP contribution in [-0.2, 0) is 17.5 Å². The van der Waals surface area contributed by atoms with E-state index >= 15 is 0 Å². The van der Waals surface area contributed by atoms with Crippen molar-refractivity contribution in [1.82, 2.24) is 20.2 Å². The van der Waals surface area contributed by atoms with Gasteiger partial charge in [0.1, 0.15) is 17.0 Å². The summed E-state index contributed by atoms with van der Waals surface area (Å²) in [7, 11) is 1.28. The van der Waals surface area contributed by atoms with Crippen molar-refractivity contribution in [3.8, 4) is 17.2 Å². The van der Waals surface area contributed by atoms with E-state index in [1.807, 2.05) is 0 Å².